The Morgan fingerprint density at radius 2 is 2.25 bits per heavy atom. The molecule has 6 nitrogen and oxygen atoms in total. The minimum atomic E-state index is -2.94. The third-order valence-corrected chi connectivity index (χ3v) is 6.39. The first-order valence-electron chi connectivity index (χ1n) is 7.56. The molecule has 1 atom stereocenters. The summed E-state index contributed by atoms with van der Waals surface area (Å²) >= 11 is 6.06. The van der Waals surface area contributed by atoms with E-state index in [0.717, 1.165) is 0 Å². The number of rotatable bonds is 5. The van der Waals surface area contributed by atoms with Crippen molar-refractivity contribution in [2.45, 2.75) is 25.6 Å². The highest BCUT2D eigenvalue weighted by atomic mass is 35.5. The summed E-state index contributed by atoms with van der Waals surface area (Å²) in [6.07, 6.45) is 2.02. The molecule has 2 heterocycles. The van der Waals surface area contributed by atoms with E-state index in [-0.39, 0.29) is 29.9 Å². The Labute approximate surface area is 145 Å². The van der Waals surface area contributed by atoms with Gasteiger partial charge in [0.05, 0.1) is 24.6 Å². The zero-order valence-electron chi connectivity index (χ0n) is 13.2. The molecule has 1 aliphatic heterocycles. The lowest BCUT2D eigenvalue weighted by Gasteiger charge is -2.22. The molecular weight excluding hydrogens is 355 g/mol. The van der Waals surface area contributed by atoms with Crippen LogP contribution in [0.1, 0.15) is 17.8 Å². The van der Waals surface area contributed by atoms with Crippen molar-refractivity contribution in [1.82, 2.24) is 19.7 Å². The smallest absolute Gasteiger partial charge is 0.151 e. The molecule has 9 heteroatoms. The van der Waals surface area contributed by atoms with E-state index in [1.807, 2.05) is 11.9 Å². The fourth-order valence-corrected chi connectivity index (χ4v) is 4.88. The molecule has 3 rings (SSSR count). The third-order valence-electron chi connectivity index (χ3n) is 4.29. The number of nitrogens with zero attached hydrogens (tertiary/aromatic N) is 4. The number of halogens is 2. The standard InChI is InChI=1S/C15H18ClFN4O2S/c1-20(11-5-6-24(22,23)9-11)8-15-18-10-19-21(15)7-12-13(16)3-2-4-14(12)17/h2-4,10-11H,5-9H2,1H3. The predicted octanol–water partition coefficient (Wildman–Crippen LogP) is 1.74. The second-order valence-corrected chi connectivity index (χ2v) is 8.64. The number of sulfone groups is 1. The minimum absolute atomic E-state index is 0.0304. The Morgan fingerprint density at radius 1 is 1.46 bits per heavy atom. The topological polar surface area (TPSA) is 68.1 Å². The van der Waals surface area contributed by atoms with Crippen LogP contribution in [-0.4, -0.2) is 52.7 Å². The van der Waals surface area contributed by atoms with Crippen LogP contribution in [0.25, 0.3) is 0 Å². The van der Waals surface area contributed by atoms with Crippen LogP contribution in [0.4, 0.5) is 4.39 Å². The molecule has 1 unspecified atom stereocenters. The van der Waals surface area contributed by atoms with Crippen LogP contribution in [0.2, 0.25) is 5.02 Å². The van der Waals surface area contributed by atoms with E-state index >= 15 is 0 Å². The molecule has 1 saturated heterocycles. The molecular formula is C15H18ClFN4O2S. The van der Waals surface area contributed by atoms with E-state index < -0.39 is 9.84 Å². The highest BCUT2D eigenvalue weighted by molar-refractivity contribution is 7.91. The predicted molar refractivity (Wildman–Crippen MR) is 89.1 cm³/mol. The van der Waals surface area contributed by atoms with Crippen LogP contribution in [0.15, 0.2) is 24.5 Å². The van der Waals surface area contributed by atoms with Crippen molar-refractivity contribution in [3.05, 3.63) is 46.8 Å². The summed E-state index contributed by atoms with van der Waals surface area (Å²) in [5, 5.41) is 4.48. The highest BCUT2D eigenvalue weighted by Crippen LogP contribution is 2.21. The first-order chi connectivity index (χ1) is 11.4. The molecule has 0 amide bonds. The van der Waals surface area contributed by atoms with Crippen LogP contribution < -0.4 is 0 Å². The second kappa shape index (κ2) is 6.78. The molecule has 0 aliphatic carbocycles. The normalized spacial score (nSPS) is 19.9. The van der Waals surface area contributed by atoms with Gasteiger partial charge >= 0.3 is 0 Å². The van der Waals surface area contributed by atoms with E-state index in [2.05, 4.69) is 10.1 Å². The monoisotopic (exact) mass is 372 g/mol. The van der Waals surface area contributed by atoms with Gasteiger partial charge in [0.15, 0.2) is 9.84 Å². The van der Waals surface area contributed by atoms with Gasteiger partial charge in [0.25, 0.3) is 0 Å². The largest absolute Gasteiger partial charge is 0.295 e. The molecule has 1 aromatic carbocycles. The lowest BCUT2D eigenvalue weighted by atomic mass is 10.2. The van der Waals surface area contributed by atoms with Crippen LogP contribution in [0.5, 0.6) is 0 Å². The molecule has 2 aromatic rings. The van der Waals surface area contributed by atoms with Crippen molar-refractivity contribution in [2.24, 2.45) is 0 Å². The van der Waals surface area contributed by atoms with Gasteiger partial charge in [-0.05, 0) is 25.6 Å². The first kappa shape index (κ1) is 17.3. The summed E-state index contributed by atoms with van der Waals surface area (Å²) in [5.74, 6) is 0.636. The molecule has 1 aliphatic rings. The molecule has 0 N–H and O–H groups in total. The van der Waals surface area contributed by atoms with Gasteiger partial charge in [-0.1, -0.05) is 17.7 Å². The Morgan fingerprint density at radius 3 is 2.92 bits per heavy atom. The minimum Gasteiger partial charge on any atom is -0.295 e. The van der Waals surface area contributed by atoms with Gasteiger partial charge in [-0.2, -0.15) is 5.10 Å². The summed E-state index contributed by atoms with van der Waals surface area (Å²) < 4.78 is 38.8. The number of hydrogen-bond acceptors (Lipinski definition) is 5. The quantitative estimate of drug-likeness (QED) is 0.799. The number of aromatic nitrogens is 3. The van der Waals surface area contributed by atoms with Crippen molar-refractivity contribution in [1.29, 1.82) is 0 Å². The zero-order chi connectivity index (χ0) is 17.3. The SMILES string of the molecule is CN(Cc1ncnn1Cc1c(F)cccc1Cl)C1CCS(=O)(=O)C1. The molecule has 0 bridgehead atoms. The summed E-state index contributed by atoms with van der Waals surface area (Å²) in [6.45, 7) is 0.615. The molecule has 130 valence electrons. The fourth-order valence-electron chi connectivity index (χ4n) is 2.85. The second-order valence-electron chi connectivity index (χ2n) is 6.01. The van der Waals surface area contributed by atoms with Gasteiger partial charge in [0.2, 0.25) is 0 Å². The Balaban J connectivity index is 1.74. The molecule has 0 radical (unpaired) electrons. The summed E-state index contributed by atoms with van der Waals surface area (Å²) in [7, 11) is -1.08. The lowest BCUT2D eigenvalue weighted by molar-refractivity contribution is 0.243. The van der Waals surface area contributed by atoms with E-state index in [1.54, 1.807) is 16.8 Å². The van der Waals surface area contributed by atoms with Gasteiger partial charge in [0, 0.05) is 16.6 Å². The maximum Gasteiger partial charge on any atom is 0.151 e. The van der Waals surface area contributed by atoms with Crippen molar-refractivity contribution >= 4 is 21.4 Å². The third kappa shape index (κ3) is 3.76. The number of hydrogen-bond donors (Lipinski definition) is 0. The van der Waals surface area contributed by atoms with Gasteiger partial charge < -0.3 is 0 Å². The van der Waals surface area contributed by atoms with Crippen molar-refractivity contribution < 1.29 is 12.8 Å². The Hall–Kier alpha value is -1.51. The first-order valence-corrected chi connectivity index (χ1v) is 9.76. The summed E-state index contributed by atoms with van der Waals surface area (Å²) in [4.78, 5) is 6.17. The molecule has 1 aromatic heterocycles. The maximum atomic E-state index is 13.9. The van der Waals surface area contributed by atoms with E-state index in [4.69, 9.17) is 11.6 Å². The Kier molecular flexibility index (Phi) is 4.89. The zero-order valence-corrected chi connectivity index (χ0v) is 14.8. The van der Waals surface area contributed by atoms with E-state index in [0.29, 0.717) is 29.4 Å². The summed E-state index contributed by atoms with van der Waals surface area (Å²) in [5.41, 5.74) is 0.358. The van der Waals surface area contributed by atoms with Gasteiger partial charge in [-0.3, -0.25) is 4.90 Å². The van der Waals surface area contributed by atoms with E-state index in [9.17, 15) is 12.8 Å². The molecule has 24 heavy (non-hydrogen) atoms. The van der Waals surface area contributed by atoms with Crippen molar-refractivity contribution in [3.8, 4) is 0 Å². The van der Waals surface area contributed by atoms with Crippen LogP contribution in [-0.2, 0) is 22.9 Å². The van der Waals surface area contributed by atoms with Crippen LogP contribution in [0, 0.1) is 5.82 Å². The van der Waals surface area contributed by atoms with Gasteiger partial charge in [-0.15, -0.1) is 0 Å². The highest BCUT2D eigenvalue weighted by Gasteiger charge is 2.31. The number of benzene rings is 1. The van der Waals surface area contributed by atoms with Crippen LogP contribution >= 0.6 is 11.6 Å². The fraction of sp³-hybridized carbons (Fsp3) is 0.467. The molecule has 0 saturated carbocycles. The molecule has 1 fully saturated rings. The van der Waals surface area contributed by atoms with E-state index in [1.165, 1.54) is 12.4 Å². The Bertz CT molecular complexity index is 819. The lowest BCUT2D eigenvalue weighted by Crippen LogP contribution is -2.33. The maximum absolute atomic E-state index is 13.9. The summed E-state index contributed by atoms with van der Waals surface area (Å²) in [6, 6.07) is 4.51. The van der Waals surface area contributed by atoms with Crippen LogP contribution in [0.3, 0.4) is 0 Å². The average molecular weight is 373 g/mol. The van der Waals surface area contributed by atoms with Crippen molar-refractivity contribution in [3.63, 3.8) is 0 Å². The average Bonchev–Trinajstić information content (AvgIpc) is 3.09. The molecule has 0 spiro atoms. The van der Waals surface area contributed by atoms with Crippen molar-refractivity contribution in [2.75, 3.05) is 18.6 Å². The van der Waals surface area contributed by atoms with Gasteiger partial charge in [-0.25, -0.2) is 22.5 Å². The van der Waals surface area contributed by atoms with Gasteiger partial charge in [0.1, 0.15) is 18.0 Å².